The van der Waals surface area contributed by atoms with Crippen molar-refractivity contribution in [3.05, 3.63) is 41.6 Å². The first kappa shape index (κ1) is 22.2. The van der Waals surface area contributed by atoms with Gasteiger partial charge in [-0.2, -0.15) is 31.3 Å². The number of hydrogen-bond acceptors (Lipinski definition) is 4. The highest BCUT2D eigenvalue weighted by Crippen LogP contribution is 2.38. The molecule has 2 aromatic rings. The molecular formula is C20H21F6N3O. The molecule has 1 aromatic heterocycles. The number of ether oxygens (including phenoxy) is 1. The Morgan fingerprint density at radius 2 is 1.67 bits per heavy atom. The van der Waals surface area contributed by atoms with Gasteiger partial charge in [-0.05, 0) is 43.4 Å². The first-order valence-electron chi connectivity index (χ1n) is 9.60. The molecule has 4 nitrogen and oxygen atoms in total. The minimum absolute atomic E-state index is 0.170. The molecule has 0 saturated heterocycles. The fourth-order valence-corrected chi connectivity index (χ4v) is 3.57. The van der Waals surface area contributed by atoms with E-state index in [-0.39, 0.29) is 5.95 Å². The van der Waals surface area contributed by atoms with Gasteiger partial charge in [0.15, 0.2) is 6.61 Å². The van der Waals surface area contributed by atoms with Crippen molar-refractivity contribution in [2.24, 2.45) is 0 Å². The quantitative estimate of drug-likeness (QED) is 0.505. The van der Waals surface area contributed by atoms with Gasteiger partial charge in [0.2, 0.25) is 11.8 Å². The van der Waals surface area contributed by atoms with Crippen molar-refractivity contribution in [2.45, 2.75) is 50.9 Å². The van der Waals surface area contributed by atoms with Crippen LogP contribution >= 0.6 is 0 Å². The summed E-state index contributed by atoms with van der Waals surface area (Å²) in [7, 11) is 0. The number of aromatic nitrogens is 2. The van der Waals surface area contributed by atoms with Gasteiger partial charge in [0.1, 0.15) is 5.56 Å². The van der Waals surface area contributed by atoms with E-state index < -0.39 is 30.4 Å². The summed E-state index contributed by atoms with van der Waals surface area (Å²) in [6, 6.07) is 7.54. The van der Waals surface area contributed by atoms with E-state index in [1.165, 1.54) is 23.3 Å². The van der Waals surface area contributed by atoms with Gasteiger partial charge in [0.25, 0.3) is 0 Å². The summed E-state index contributed by atoms with van der Waals surface area (Å²) >= 11 is 0. The van der Waals surface area contributed by atoms with E-state index in [1.807, 2.05) is 24.3 Å². The van der Waals surface area contributed by atoms with Crippen molar-refractivity contribution in [2.75, 3.05) is 18.1 Å². The van der Waals surface area contributed by atoms with Crippen molar-refractivity contribution >= 4 is 11.6 Å². The van der Waals surface area contributed by atoms with Crippen LogP contribution in [0, 0.1) is 0 Å². The maximum atomic E-state index is 13.1. The Kier molecular flexibility index (Phi) is 6.42. The van der Waals surface area contributed by atoms with Crippen molar-refractivity contribution in [1.82, 2.24) is 9.97 Å². The molecule has 1 heterocycles. The lowest BCUT2D eigenvalue weighted by Crippen LogP contribution is -2.24. The average Bonchev–Trinajstić information content (AvgIpc) is 3.21. The first-order chi connectivity index (χ1) is 14.1. The summed E-state index contributed by atoms with van der Waals surface area (Å²) in [5, 5.41) is 0. The van der Waals surface area contributed by atoms with Gasteiger partial charge >= 0.3 is 12.4 Å². The van der Waals surface area contributed by atoms with Crippen LogP contribution in [0.2, 0.25) is 0 Å². The molecular weight excluding hydrogens is 412 g/mol. The Labute approximate surface area is 169 Å². The van der Waals surface area contributed by atoms with E-state index in [1.54, 1.807) is 6.92 Å². The van der Waals surface area contributed by atoms with Gasteiger partial charge in [0.05, 0.1) is 0 Å². The molecule has 1 fully saturated rings. The van der Waals surface area contributed by atoms with E-state index >= 15 is 0 Å². The zero-order valence-electron chi connectivity index (χ0n) is 16.2. The lowest BCUT2D eigenvalue weighted by Gasteiger charge is -2.23. The lowest BCUT2D eigenvalue weighted by atomic mass is 9.97. The van der Waals surface area contributed by atoms with Gasteiger partial charge in [0, 0.05) is 18.4 Å². The van der Waals surface area contributed by atoms with E-state index in [0.29, 0.717) is 24.3 Å². The van der Waals surface area contributed by atoms with Gasteiger partial charge in [-0.1, -0.05) is 25.0 Å². The highest BCUT2D eigenvalue weighted by atomic mass is 19.4. The van der Waals surface area contributed by atoms with Gasteiger partial charge in [-0.25, -0.2) is 4.98 Å². The van der Waals surface area contributed by atoms with Crippen molar-refractivity contribution in [1.29, 1.82) is 0 Å². The Morgan fingerprint density at radius 1 is 1.03 bits per heavy atom. The molecule has 0 unspecified atom stereocenters. The molecule has 30 heavy (non-hydrogen) atoms. The highest BCUT2D eigenvalue weighted by molar-refractivity contribution is 5.58. The molecule has 0 radical (unpaired) electrons. The second-order valence-electron chi connectivity index (χ2n) is 7.11. The lowest BCUT2D eigenvalue weighted by molar-refractivity contribution is -0.159. The minimum atomic E-state index is -4.95. The normalized spacial score (nSPS) is 15.4. The number of rotatable bonds is 6. The van der Waals surface area contributed by atoms with Crippen LogP contribution in [0.3, 0.4) is 0 Å². The molecule has 10 heteroatoms. The third-order valence-corrected chi connectivity index (χ3v) is 5.01. The Hall–Kier alpha value is -2.52. The Bertz CT molecular complexity index is 845. The number of hydrogen-bond donors (Lipinski definition) is 0. The summed E-state index contributed by atoms with van der Waals surface area (Å²) in [6.45, 7) is 0.156. The smallest absolute Gasteiger partial charge is 0.423 e. The number of halogens is 6. The maximum Gasteiger partial charge on any atom is 0.423 e. The van der Waals surface area contributed by atoms with E-state index in [0.717, 1.165) is 12.8 Å². The standard InChI is InChI=1S/C20H21F6N3O/c1-2-29(15-9-7-14(8-10-15)13-5-3-4-6-13)18-27-11-16(20(24,25)26)17(28-18)30-12-19(21,22)23/h7-11,13H,2-6,12H2,1H3. The minimum Gasteiger partial charge on any atom is -0.467 e. The molecule has 3 rings (SSSR count). The molecule has 0 bridgehead atoms. The molecule has 0 amide bonds. The van der Waals surface area contributed by atoms with Gasteiger partial charge in [-0.15, -0.1) is 0 Å². The van der Waals surface area contributed by atoms with Crippen LogP contribution in [0.25, 0.3) is 0 Å². The first-order valence-corrected chi connectivity index (χ1v) is 9.60. The molecule has 1 saturated carbocycles. The second kappa shape index (κ2) is 8.69. The average molecular weight is 433 g/mol. The number of alkyl halides is 6. The largest absolute Gasteiger partial charge is 0.467 e. The van der Waals surface area contributed by atoms with Crippen LogP contribution in [0.4, 0.5) is 38.0 Å². The number of anilines is 2. The van der Waals surface area contributed by atoms with Gasteiger partial charge in [-0.3, -0.25) is 0 Å². The van der Waals surface area contributed by atoms with Crippen molar-refractivity contribution in [3.63, 3.8) is 0 Å². The molecule has 0 N–H and O–H groups in total. The van der Waals surface area contributed by atoms with E-state index in [9.17, 15) is 26.3 Å². The summed E-state index contributed by atoms with van der Waals surface area (Å²) in [4.78, 5) is 8.91. The monoisotopic (exact) mass is 433 g/mol. The van der Waals surface area contributed by atoms with Gasteiger partial charge < -0.3 is 9.64 Å². The van der Waals surface area contributed by atoms with Crippen LogP contribution in [0.15, 0.2) is 30.5 Å². The van der Waals surface area contributed by atoms with Crippen LogP contribution in [0.1, 0.15) is 49.7 Å². The zero-order chi connectivity index (χ0) is 21.9. The van der Waals surface area contributed by atoms with Crippen LogP contribution in [-0.2, 0) is 6.18 Å². The number of nitrogens with zero attached hydrogens (tertiary/aromatic N) is 3. The molecule has 164 valence electrons. The predicted molar refractivity (Wildman–Crippen MR) is 98.9 cm³/mol. The topological polar surface area (TPSA) is 38.2 Å². The van der Waals surface area contributed by atoms with E-state index in [4.69, 9.17) is 0 Å². The SMILES string of the molecule is CCN(c1ccc(C2CCCC2)cc1)c1ncc(C(F)(F)F)c(OCC(F)(F)F)n1. The molecule has 1 aliphatic rings. The molecule has 1 aromatic carbocycles. The number of benzene rings is 1. The molecule has 0 aliphatic heterocycles. The second-order valence-corrected chi connectivity index (χ2v) is 7.11. The van der Waals surface area contributed by atoms with Crippen LogP contribution in [-0.4, -0.2) is 29.3 Å². The zero-order valence-corrected chi connectivity index (χ0v) is 16.2. The maximum absolute atomic E-state index is 13.1. The van der Waals surface area contributed by atoms with Crippen molar-refractivity contribution < 1.29 is 31.1 Å². The molecule has 0 spiro atoms. The van der Waals surface area contributed by atoms with E-state index in [2.05, 4.69) is 14.7 Å². The van der Waals surface area contributed by atoms with Crippen LogP contribution < -0.4 is 9.64 Å². The molecule has 0 atom stereocenters. The Morgan fingerprint density at radius 3 is 2.20 bits per heavy atom. The predicted octanol–water partition coefficient (Wildman–Crippen LogP) is 6.25. The van der Waals surface area contributed by atoms with Crippen molar-refractivity contribution in [3.8, 4) is 5.88 Å². The third-order valence-electron chi connectivity index (χ3n) is 5.01. The highest BCUT2D eigenvalue weighted by Gasteiger charge is 2.38. The summed E-state index contributed by atoms with van der Waals surface area (Å²) in [6.07, 6.45) is -4.67. The Balaban J connectivity index is 1.89. The summed E-state index contributed by atoms with van der Waals surface area (Å²) < 4.78 is 81.2. The summed E-state index contributed by atoms with van der Waals surface area (Å²) in [5.74, 6) is -0.819. The third kappa shape index (κ3) is 5.34. The fraction of sp³-hybridized carbons (Fsp3) is 0.500. The summed E-state index contributed by atoms with van der Waals surface area (Å²) in [5.41, 5.74) is 0.360. The fourth-order valence-electron chi connectivity index (χ4n) is 3.57. The van der Waals surface area contributed by atoms with Crippen LogP contribution in [0.5, 0.6) is 5.88 Å². The molecule has 1 aliphatic carbocycles.